The zero-order valence-corrected chi connectivity index (χ0v) is 16.8. The van der Waals surface area contributed by atoms with Crippen molar-refractivity contribution in [3.63, 3.8) is 0 Å². The van der Waals surface area contributed by atoms with Gasteiger partial charge in [0, 0.05) is 31.7 Å². The number of carbonyl (C=O) groups is 1. The molecule has 1 aliphatic heterocycles. The molecular weight excluding hydrogens is 358 g/mol. The number of hydrogen-bond acceptors (Lipinski definition) is 6. The fourth-order valence-corrected chi connectivity index (χ4v) is 3.72. The summed E-state index contributed by atoms with van der Waals surface area (Å²) in [6, 6.07) is 5.71. The average molecular weight is 387 g/mol. The molecule has 1 aliphatic rings. The summed E-state index contributed by atoms with van der Waals surface area (Å²) in [6.45, 7) is 7.61. The van der Waals surface area contributed by atoms with Crippen molar-refractivity contribution in [3.05, 3.63) is 35.7 Å². The molecular formula is C20H29N5O3. The highest BCUT2D eigenvalue weighted by molar-refractivity contribution is 5.91. The SMILES string of the molecule is CCN(CC)C(=O)c1cn([C@@H]2CCCN(Cc3cccc(OC)c3O)C2)nn1. The van der Waals surface area contributed by atoms with E-state index in [1.165, 1.54) is 0 Å². The minimum Gasteiger partial charge on any atom is -0.504 e. The van der Waals surface area contributed by atoms with E-state index in [-0.39, 0.29) is 17.7 Å². The lowest BCUT2D eigenvalue weighted by Gasteiger charge is -2.32. The van der Waals surface area contributed by atoms with Gasteiger partial charge in [0.05, 0.1) is 19.3 Å². The number of rotatable bonds is 7. The van der Waals surface area contributed by atoms with Crippen LogP contribution in [0.4, 0.5) is 0 Å². The van der Waals surface area contributed by atoms with Crippen LogP contribution < -0.4 is 4.74 Å². The third-order valence-electron chi connectivity index (χ3n) is 5.33. The van der Waals surface area contributed by atoms with Gasteiger partial charge in [-0.15, -0.1) is 5.10 Å². The molecule has 0 radical (unpaired) electrons. The number of piperidine rings is 1. The first-order chi connectivity index (χ1) is 13.6. The molecule has 28 heavy (non-hydrogen) atoms. The molecule has 1 aromatic heterocycles. The highest BCUT2D eigenvalue weighted by atomic mass is 16.5. The maximum Gasteiger partial charge on any atom is 0.276 e. The number of phenolic OH excluding ortho intramolecular Hbond substituents is 1. The van der Waals surface area contributed by atoms with Gasteiger partial charge in [0.2, 0.25) is 0 Å². The van der Waals surface area contributed by atoms with Crippen LogP contribution in [0.3, 0.4) is 0 Å². The molecule has 1 saturated heterocycles. The fourth-order valence-electron chi connectivity index (χ4n) is 3.72. The molecule has 0 saturated carbocycles. The Hall–Kier alpha value is -2.61. The minimum atomic E-state index is -0.0785. The van der Waals surface area contributed by atoms with Crippen LogP contribution in [0.2, 0.25) is 0 Å². The number of likely N-dealkylation sites (tertiary alicyclic amines) is 1. The summed E-state index contributed by atoms with van der Waals surface area (Å²) in [4.78, 5) is 16.5. The molecule has 0 aliphatic carbocycles. The van der Waals surface area contributed by atoms with E-state index in [9.17, 15) is 9.90 Å². The third kappa shape index (κ3) is 4.27. The Bertz CT molecular complexity index is 803. The van der Waals surface area contributed by atoms with Crippen LogP contribution in [-0.4, -0.2) is 69.1 Å². The van der Waals surface area contributed by atoms with Crippen LogP contribution in [0.25, 0.3) is 0 Å². The first-order valence-electron chi connectivity index (χ1n) is 9.85. The largest absolute Gasteiger partial charge is 0.504 e. The summed E-state index contributed by atoms with van der Waals surface area (Å²) in [5.41, 5.74) is 1.24. The van der Waals surface area contributed by atoms with Crippen molar-refractivity contribution in [2.24, 2.45) is 0 Å². The van der Waals surface area contributed by atoms with E-state index in [4.69, 9.17) is 4.74 Å². The fraction of sp³-hybridized carbons (Fsp3) is 0.550. The van der Waals surface area contributed by atoms with E-state index in [1.807, 2.05) is 30.7 Å². The van der Waals surface area contributed by atoms with E-state index in [0.717, 1.165) is 31.5 Å². The second kappa shape index (κ2) is 9.05. The zero-order chi connectivity index (χ0) is 20.1. The van der Waals surface area contributed by atoms with Crippen molar-refractivity contribution in [3.8, 4) is 11.5 Å². The van der Waals surface area contributed by atoms with Gasteiger partial charge in [-0.25, -0.2) is 4.68 Å². The number of amides is 1. The van der Waals surface area contributed by atoms with Gasteiger partial charge in [0.15, 0.2) is 17.2 Å². The van der Waals surface area contributed by atoms with Crippen molar-refractivity contribution in [2.45, 2.75) is 39.3 Å². The van der Waals surface area contributed by atoms with Gasteiger partial charge in [-0.05, 0) is 39.3 Å². The van der Waals surface area contributed by atoms with Crippen LogP contribution in [0.5, 0.6) is 11.5 Å². The van der Waals surface area contributed by atoms with Crippen LogP contribution >= 0.6 is 0 Å². The van der Waals surface area contributed by atoms with Crippen molar-refractivity contribution >= 4 is 5.91 Å². The second-order valence-corrected chi connectivity index (χ2v) is 7.06. The second-order valence-electron chi connectivity index (χ2n) is 7.06. The number of ether oxygens (including phenoxy) is 1. The van der Waals surface area contributed by atoms with Crippen molar-refractivity contribution in [2.75, 3.05) is 33.3 Å². The Morgan fingerprint density at radius 2 is 2.14 bits per heavy atom. The minimum absolute atomic E-state index is 0.0785. The topological polar surface area (TPSA) is 83.7 Å². The summed E-state index contributed by atoms with van der Waals surface area (Å²) in [7, 11) is 1.55. The average Bonchev–Trinajstić information content (AvgIpc) is 3.21. The highest BCUT2D eigenvalue weighted by Crippen LogP contribution is 2.31. The molecule has 1 fully saturated rings. The first kappa shape index (κ1) is 20.1. The summed E-state index contributed by atoms with van der Waals surface area (Å²) < 4.78 is 7.02. The number of hydrogen-bond donors (Lipinski definition) is 1. The standard InChI is InChI=1S/C20H29N5O3/c1-4-24(5-2)20(27)17-14-25(22-21-17)16-9-7-11-23(13-16)12-15-8-6-10-18(28-3)19(15)26/h6,8,10,14,16,26H,4-5,7,9,11-13H2,1-3H3/t16-/m1/s1. The van der Waals surface area contributed by atoms with Gasteiger partial charge < -0.3 is 14.7 Å². The lowest BCUT2D eigenvalue weighted by molar-refractivity contribution is 0.0767. The highest BCUT2D eigenvalue weighted by Gasteiger charge is 2.25. The van der Waals surface area contributed by atoms with Gasteiger partial charge in [-0.2, -0.15) is 0 Å². The molecule has 152 valence electrons. The van der Waals surface area contributed by atoms with Crippen LogP contribution in [0.15, 0.2) is 24.4 Å². The van der Waals surface area contributed by atoms with Gasteiger partial charge in [-0.1, -0.05) is 17.3 Å². The van der Waals surface area contributed by atoms with E-state index < -0.39 is 0 Å². The zero-order valence-electron chi connectivity index (χ0n) is 16.8. The van der Waals surface area contributed by atoms with Gasteiger partial charge in [0.1, 0.15) is 0 Å². The number of para-hydroxylation sites is 1. The monoisotopic (exact) mass is 387 g/mol. The Morgan fingerprint density at radius 3 is 2.86 bits per heavy atom. The Kier molecular flexibility index (Phi) is 6.51. The lowest BCUT2D eigenvalue weighted by Crippen LogP contribution is -2.36. The maximum atomic E-state index is 12.5. The molecule has 1 aromatic carbocycles. The number of aromatic nitrogens is 3. The molecule has 1 atom stereocenters. The molecule has 0 spiro atoms. The number of nitrogens with zero attached hydrogens (tertiary/aromatic N) is 5. The summed E-state index contributed by atoms with van der Waals surface area (Å²) in [6.07, 6.45) is 3.77. The molecule has 8 heteroatoms. The van der Waals surface area contributed by atoms with Crippen LogP contribution in [0.1, 0.15) is 48.8 Å². The van der Waals surface area contributed by atoms with E-state index in [2.05, 4.69) is 15.2 Å². The smallest absolute Gasteiger partial charge is 0.276 e. The number of phenols is 1. The number of benzene rings is 1. The van der Waals surface area contributed by atoms with Gasteiger partial charge in [-0.3, -0.25) is 9.69 Å². The quantitative estimate of drug-likeness (QED) is 0.785. The van der Waals surface area contributed by atoms with Crippen molar-refractivity contribution in [1.29, 1.82) is 0 Å². The van der Waals surface area contributed by atoms with E-state index in [0.29, 0.717) is 31.1 Å². The predicted octanol–water partition coefficient (Wildman–Crippen LogP) is 2.31. The Balaban J connectivity index is 1.68. The molecule has 8 nitrogen and oxygen atoms in total. The van der Waals surface area contributed by atoms with Gasteiger partial charge >= 0.3 is 0 Å². The number of methoxy groups -OCH3 is 1. The lowest BCUT2D eigenvalue weighted by atomic mass is 10.0. The normalized spacial score (nSPS) is 17.5. The number of aromatic hydroxyl groups is 1. The Labute approximate surface area is 165 Å². The summed E-state index contributed by atoms with van der Waals surface area (Å²) >= 11 is 0. The molecule has 2 heterocycles. The molecule has 2 aromatic rings. The molecule has 1 amide bonds. The molecule has 3 rings (SSSR count). The molecule has 1 N–H and O–H groups in total. The third-order valence-corrected chi connectivity index (χ3v) is 5.33. The molecule has 0 bridgehead atoms. The predicted molar refractivity (Wildman–Crippen MR) is 105 cm³/mol. The van der Waals surface area contributed by atoms with E-state index >= 15 is 0 Å². The first-order valence-corrected chi connectivity index (χ1v) is 9.85. The van der Waals surface area contributed by atoms with Crippen molar-refractivity contribution < 1.29 is 14.6 Å². The van der Waals surface area contributed by atoms with Crippen LogP contribution in [0, 0.1) is 0 Å². The van der Waals surface area contributed by atoms with Crippen molar-refractivity contribution in [1.82, 2.24) is 24.8 Å². The maximum absolute atomic E-state index is 12.5. The van der Waals surface area contributed by atoms with Crippen LogP contribution in [-0.2, 0) is 6.54 Å². The number of carbonyl (C=O) groups excluding carboxylic acids is 1. The van der Waals surface area contributed by atoms with Gasteiger partial charge in [0.25, 0.3) is 5.91 Å². The molecule has 0 unspecified atom stereocenters. The van der Waals surface area contributed by atoms with E-state index in [1.54, 1.807) is 24.3 Å². The Morgan fingerprint density at radius 1 is 1.36 bits per heavy atom. The summed E-state index contributed by atoms with van der Waals surface area (Å²) in [5.74, 6) is 0.604. The summed E-state index contributed by atoms with van der Waals surface area (Å²) in [5, 5.41) is 18.7.